The number of hydrogen-bond donors (Lipinski definition) is 1. The number of carboxylic acids is 1. The van der Waals surface area contributed by atoms with Crippen molar-refractivity contribution < 1.29 is 19.4 Å². The summed E-state index contributed by atoms with van der Waals surface area (Å²) in [5.41, 5.74) is 0. The first-order chi connectivity index (χ1) is 15.7. The van der Waals surface area contributed by atoms with E-state index < -0.39 is 17.8 Å². The smallest absolute Gasteiger partial charge is 0.309 e. The first kappa shape index (κ1) is 28.7. The Labute approximate surface area is 197 Å². The third kappa shape index (κ3) is 14.7. The van der Waals surface area contributed by atoms with Crippen LogP contribution in [0.25, 0.3) is 0 Å². The molecule has 0 heterocycles. The number of carboxylic acid groups (broad SMARTS) is 1. The maximum atomic E-state index is 12.2. The van der Waals surface area contributed by atoms with Crippen LogP contribution in [-0.4, -0.2) is 23.7 Å². The van der Waals surface area contributed by atoms with Gasteiger partial charge >= 0.3 is 11.9 Å². The van der Waals surface area contributed by atoms with E-state index in [1.807, 2.05) is 0 Å². The third-order valence-electron chi connectivity index (χ3n) is 6.79. The van der Waals surface area contributed by atoms with Crippen LogP contribution in [0.4, 0.5) is 0 Å². The molecule has 1 aliphatic rings. The van der Waals surface area contributed by atoms with Gasteiger partial charge in [-0.15, -0.1) is 0 Å². The number of carbonyl (C=O) groups is 2. The van der Waals surface area contributed by atoms with Gasteiger partial charge < -0.3 is 9.84 Å². The molecule has 186 valence electrons. The molecule has 0 aromatic rings. The highest BCUT2D eigenvalue weighted by Crippen LogP contribution is 2.31. The zero-order valence-corrected chi connectivity index (χ0v) is 20.8. The van der Waals surface area contributed by atoms with Crippen molar-refractivity contribution in [1.29, 1.82) is 0 Å². The number of hydrogen-bond acceptors (Lipinski definition) is 3. The number of unbranched alkanes of at least 4 members (excludes halogenated alkanes) is 14. The minimum absolute atomic E-state index is 0.293. The third-order valence-corrected chi connectivity index (χ3v) is 6.79. The number of aliphatic carboxylic acids is 1. The lowest BCUT2D eigenvalue weighted by Gasteiger charge is -2.26. The standard InChI is InChI=1S/C28H50O4/c1-2-3-4-5-6-7-8-9-10-11-12-13-14-15-16-17-18-21-24-32-28(31)26-23-20-19-22-25(26)27(29)30/h8-9,25-26H,2-7,10-24H2,1H3,(H,29,30)/b9-8+. The van der Waals surface area contributed by atoms with Crippen LogP contribution in [-0.2, 0) is 14.3 Å². The molecule has 1 aliphatic carbocycles. The molecule has 2 atom stereocenters. The van der Waals surface area contributed by atoms with Crippen molar-refractivity contribution in [1.82, 2.24) is 0 Å². The lowest BCUT2D eigenvalue weighted by molar-refractivity contribution is -0.159. The van der Waals surface area contributed by atoms with Gasteiger partial charge in [-0.3, -0.25) is 9.59 Å². The molecular weight excluding hydrogens is 400 g/mol. The van der Waals surface area contributed by atoms with Crippen LogP contribution in [0.1, 0.15) is 135 Å². The van der Waals surface area contributed by atoms with Crippen LogP contribution in [0.5, 0.6) is 0 Å². The average Bonchev–Trinajstić information content (AvgIpc) is 2.80. The van der Waals surface area contributed by atoms with Crippen molar-refractivity contribution in [2.75, 3.05) is 6.61 Å². The highest BCUT2D eigenvalue weighted by atomic mass is 16.5. The maximum absolute atomic E-state index is 12.2. The van der Waals surface area contributed by atoms with Crippen molar-refractivity contribution in [2.24, 2.45) is 11.8 Å². The van der Waals surface area contributed by atoms with E-state index in [9.17, 15) is 14.7 Å². The number of esters is 1. The van der Waals surface area contributed by atoms with Gasteiger partial charge in [0.05, 0.1) is 18.4 Å². The fourth-order valence-corrected chi connectivity index (χ4v) is 4.69. The summed E-state index contributed by atoms with van der Waals surface area (Å²) in [6.07, 6.45) is 28.2. The predicted molar refractivity (Wildman–Crippen MR) is 133 cm³/mol. The van der Waals surface area contributed by atoms with Crippen molar-refractivity contribution in [3.05, 3.63) is 12.2 Å². The molecule has 0 amide bonds. The van der Waals surface area contributed by atoms with E-state index in [4.69, 9.17) is 4.74 Å². The van der Waals surface area contributed by atoms with Crippen LogP contribution in [0.15, 0.2) is 12.2 Å². The summed E-state index contributed by atoms with van der Waals surface area (Å²) >= 11 is 0. The fraction of sp³-hybridized carbons (Fsp3) is 0.857. The molecule has 1 saturated carbocycles. The second-order valence-electron chi connectivity index (χ2n) is 9.65. The van der Waals surface area contributed by atoms with Gasteiger partial charge in [0.1, 0.15) is 0 Å². The average molecular weight is 451 g/mol. The highest BCUT2D eigenvalue weighted by molar-refractivity contribution is 5.81. The zero-order valence-electron chi connectivity index (χ0n) is 20.8. The quantitative estimate of drug-likeness (QED) is 0.115. The van der Waals surface area contributed by atoms with Crippen LogP contribution >= 0.6 is 0 Å². The Kier molecular flexibility index (Phi) is 18.2. The summed E-state index contributed by atoms with van der Waals surface area (Å²) in [4.78, 5) is 23.5. The van der Waals surface area contributed by atoms with Gasteiger partial charge in [-0.1, -0.05) is 103 Å². The summed E-state index contributed by atoms with van der Waals surface area (Å²) in [5.74, 6) is -2.13. The van der Waals surface area contributed by atoms with Crippen LogP contribution < -0.4 is 0 Å². The lowest BCUT2D eigenvalue weighted by atomic mass is 9.79. The van der Waals surface area contributed by atoms with Crippen molar-refractivity contribution in [2.45, 2.75) is 135 Å². The van der Waals surface area contributed by atoms with E-state index in [2.05, 4.69) is 19.1 Å². The van der Waals surface area contributed by atoms with Crippen molar-refractivity contribution >= 4 is 11.9 Å². The van der Waals surface area contributed by atoms with Crippen molar-refractivity contribution in [3.63, 3.8) is 0 Å². The van der Waals surface area contributed by atoms with Gasteiger partial charge in [0.25, 0.3) is 0 Å². The van der Waals surface area contributed by atoms with Gasteiger partial charge in [-0.25, -0.2) is 0 Å². The van der Waals surface area contributed by atoms with E-state index in [1.54, 1.807) is 0 Å². The first-order valence-electron chi connectivity index (χ1n) is 13.7. The Morgan fingerprint density at radius 3 is 1.72 bits per heavy atom. The Morgan fingerprint density at radius 1 is 0.719 bits per heavy atom. The Bertz CT molecular complexity index is 500. The molecule has 0 aromatic heterocycles. The molecule has 1 N–H and O–H groups in total. The fourth-order valence-electron chi connectivity index (χ4n) is 4.69. The summed E-state index contributed by atoms with van der Waals surface area (Å²) < 4.78 is 5.38. The van der Waals surface area contributed by atoms with Gasteiger partial charge in [0.2, 0.25) is 0 Å². The molecule has 0 saturated heterocycles. The van der Waals surface area contributed by atoms with Crippen LogP contribution in [0.2, 0.25) is 0 Å². The van der Waals surface area contributed by atoms with Gasteiger partial charge in [0.15, 0.2) is 0 Å². The minimum Gasteiger partial charge on any atom is -0.481 e. The molecule has 32 heavy (non-hydrogen) atoms. The minimum atomic E-state index is -0.851. The number of carbonyl (C=O) groups excluding carboxylic acids is 1. The van der Waals surface area contributed by atoms with Crippen LogP contribution in [0, 0.1) is 11.8 Å². The molecular formula is C28H50O4. The molecule has 0 radical (unpaired) electrons. The molecule has 0 aromatic carbocycles. The van der Waals surface area contributed by atoms with E-state index in [-0.39, 0.29) is 5.97 Å². The summed E-state index contributed by atoms with van der Waals surface area (Å²) in [5, 5.41) is 9.28. The van der Waals surface area contributed by atoms with Gasteiger partial charge in [0, 0.05) is 0 Å². The molecule has 4 nitrogen and oxygen atoms in total. The molecule has 0 bridgehead atoms. The van der Waals surface area contributed by atoms with E-state index >= 15 is 0 Å². The van der Waals surface area contributed by atoms with Gasteiger partial charge in [-0.05, 0) is 44.9 Å². The second-order valence-corrected chi connectivity index (χ2v) is 9.65. The van der Waals surface area contributed by atoms with Crippen molar-refractivity contribution in [3.8, 4) is 0 Å². The zero-order chi connectivity index (χ0) is 23.3. The molecule has 1 rings (SSSR count). The Morgan fingerprint density at radius 2 is 1.19 bits per heavy atom. The normalized spacial score (nSPS) is 18.8. The number of allylic oxidation sites excluding steroid dienone is 2. The Balaban J connectivity index is 1.84. The molecule has 4 heteroatoms. The summed E-state index contributed by atoms with van der Waals surface area (Å²) in [7, 11) is 0. The van der Waals surface area contributed by atoms with E-state index in [1.165, 1.54) is 89.9 Å². The molecule has 0 spiro atoms. The maximum Gasteiger partial charge on any atom is 0.309 e. The number of rotatable bonds is 20. The highest BCUT2D eigenvalue weighted by Gasteiger charge is 2.36. The topological polar surface area (TPSA) is 63.6 Å². The molecule has 1 fully saturated rings. The molecule has 0 aliphatic heterocycles. The largest absolute Gasteiger partial charge is 0.481 e. The summed E-state index contributed by atoms with van der Waals surface area (Å²) in [6.45, 7) is 2.70. The van der Waals surface area contributed by atoms with Gasteiger partial charge in [-0.2, -0.15) is 0 Å². The molecule has 2 unspecified atom stereocenters. The second kappa shape index (κ2) is 20.3. The SMILES string of the molecule is CCCCCCC/C=C/CCCCCCCCCCCOC(=O)C1CCCCC1C(=O)O. The van der Waals surface area contributed by atoms with E-state index in [0.717, 1.165) is 25.7 Å². The van der Waals surface area contributed by atoms with E-state index in [0.29, 0.717) is 19.4 Å². The lowest BCUT2D eigenvalue weighted by Crippen LogP contribution is -2.33. The monoisotopic (exact) mass is 450 g/mol. The summed E-state index contributed by atoms with van der Waals surface area (Å²) in [6, 6.07) is 0. The first-order valence-corrected chi connectivity index (χ1v) is 13.7. The Hall–Kier alpha value is -1.32. The predicted octanol–water partition coefficient (Wildman–Crippen LogP) is 8.24. The van der Waals surface area contributed by atoms with Crippen LogP contribution in [0.3, 0.4) is 0 Å². The number of ether oxygens (including phenoxy) is 1.